The summed E-state index contributed by atoms with van der Waals surface area (Å²) >= 11 is 13.7. The number of rotatable bonds is 3. The first-order valence-corrected chi connectivity index (χ1v) is 9.80. The number of hydrogen-bond donors (Lipinski definition) is 0. The van der Waals surface area contributed by atoms with Gasteiger partial charge in [-0.2, -0.15) is 5.26 Å². The second kappa shape index (κ2) is 7.54. The molecule has 0 aliphatic heterocycles. The summed E-state index contributed by atoms with van der Waals surface area (Å²) in [5.74, 6) is 0. The SMILES string of the molecule is N#C/C(=C\c1cccc2ccccc12)c1nc(-c2ccc(Cl)cc2Cl)cs1. The highest BCUT2D eigenvalue weighted by Crippen LogP contribution is 2.33. The standard InChI is InChI=1S/C22H12Cl2N2S/c23-17-8-9-19(20(24)11-17)21-13-27-22(26-21)16(12-25)10-15-6-3-5-14-4-1-2-7-18(14)15/h1-11,13H/b16-10+. The van der Waals surface area contributed by atoms with E-state index in [-0.39, 0.29) is 0 Å². The van der Waals surface area contributed by atoms with Crippen molar-refractivity contribution in [1.82, 2.24) is 4.98 Å². The Morgan fingerprint density at radius 1 is 1.04 bits per heavy atom. The summed E-state index contributed by atoms with van der Waals surface area (Å²) in [6, 6.07) is 21.7. The third-order valence-electron chi connectivity index (χ3n) is 4.19. The normalized spacial score (nSPS) is 11.5. The molecule has 0 N–H and O–H groups in total. The second-order valence-electron chi connectivity index (χ2n) is 5.90. The van der Waals surface area contributed by atoms with E-state index in [1.165, 1.54) is 11.3 Å². The molecule has 0 aliphatic carbocycles. The first kappa shape index (κ1) is 17.8. The smallest absolute Gasteiger partial charge is 0.134 e. The van der Waals surface area contributed by atoms with Crippen molar-refractivity contribution < 1.29 is 0 Å². The Bertz CT molecular complexity index is 1210. The topological polar surface area (TPSA) is 36.7 Å². The second-order valence-corrected chi connectivity index (χ2v) is 7.60. The number of hydrogen-bond acceptors (Lipinski definition) is 3. The molecule has 0 unspecified atom stereocenters. The maximum Gasteiger partial charge on any atom is 0.134 e. The third-order valence-corrected chi connectivity index (χ3v) is 5.61. The number of halogens is 2. The fourth-order valence-corrected chi connectivity index (χ4v) is 4.18. The van der Waals surface area contributed by atoms with Gasteiger partial charge in [0.1, 0.15) is 11.1 Å². The lowest BCUT2D eigenvalue weighted by atomic mass is 10.0. The van der Waals surface area contributed by atoms with Crippen LogP contribution in [0.3, 0.4) is 0 Å². The van der Waals surface area contributed by atoms with E-state index in [9.17, 15) is 5.26 Å². The van der Waals surface area contributed by atoms with Crippen LogP contribution in [0.25, 0.3) is 33.7 Å². The molecule has 0 saturated heterocycles. The van der Waals surface area contributed by atoms with Gasteiger partial charge in [-0.05, 0) is 40.6 Å². The number of allylic oxidation sites excluding steroid dienone is 1. The van der Waals surface area contributed by atoms with Crippen molar-refractivity contribution in [2.75, 3.05) is 0 Å². The van der Waals surface area contributed by atoms with Crippen LogP contribution in [-0.2, 0) is 0 Å². The van der Waals surface area contributed by atoms with Gasteiger partial charge >= 0.3 is 0 Å². The van der Waals surface area contributed by atoms with Gasteiger partial charge in [0.25, 0.3) is 0 Å². The van der Waals surface area contributed by atoms with Crippen LogP contribution in [0.4, 0.5) is 0 Å². The van der Waals surface area contributed by atoms with Crippen molar-refractivity contribution in [2.45, 2.75) is 0 Å². The molecule has 0 bridgehead atoms. The number of nitrogens with zero attached hydrogens (tertiary/aromatic N) is 2. The van der Waals surface area contributed by atoms with Crippen LogP contribution in [0.2, 0.25) is 10.0 Å². The molecular formula is C22H12Cl2N2S. The molecule has 3 aromatic carbocycles. The highest BCUT2D eigenvalue weighted by atomic mass is 35.5. The highest BCUT2D eigenvalue weighted by Gasteiger charge is 2.12. The average Bonchev–Trinajstić information content (AvgIpc) is 3.15. The lowest BCUT2D eigenvalue weighted by Crippen LogP contribution is -1.85. The van der Waals surface area contributed by atoms with Gasteiger partial charge in [0.15, 0.2) is 0 Å². The van der Waals surface area contributed by atoms with E-state index in [1.807, 2.05) is 41.8 Å². The molecule has 0 radical (unpaired) electrons. The molecule has 1 heterocycles. The maximum atomic E-state index is 9.69. The molecule has 0 aliphatic rings. The summed E-state index contributed by atoms with van der Waals surface area (Å²) in [5.41, 5.74) is 3.04. The minimum absolute atomic E-state index is 0.521. The number of thiazole rings is 1. The van der Waals surface area contributed by atoms with Gasteiger partial charge in [-0.3, -0.25) is 0 Å². The van der Waals surface area contributed by atoms with Gasteiger partial charge in [-0.25, -0.2) is 4.98 Å². The Morgan fingerprint density at radius 3 is 2.67 bits per heavy atom. The minimum atomic E-state index is 0.521. The van der Waals surface area contributed by atoms with Crippen molar-refractivity contribution in [2.24, 2.45) is 0 Å². The van der Waals surface area contributed by atoms with Gasteiger partial charge in [-0.15, -0.1) is 11.3 Å². The molecule has 27 heavy (non-hydrogen) atoms. The summed E-state index contributed by atoms with van der Waals surface area (Å²) in [6.45, 7) is 0. The summed E-state index contributed by atoms with van der Waals surface area (Å²) in [6.07, 6.45) is 1.88. The Kier molecular flexibility index (Phi) is 4.96. The Morgan fingerprint density at radius 2 is 1.85 bits per heavy atom. The van der Waals surface area contributed by atoms with Crippen LogP contribution in [0, 0.1) is 11.3 Å². The Hall–Kier alpha value is -2.64. The quantitative estimate of drug-likeness (QED) is 0.333. The number of fused-ring (bicyclic) bond motifs is 1. The van der Waals surface area contributed by atoms with Crippen LogP contribution in [0.5, 0.6) is 0 Å². The number of nitriles is 1. The highest BCUT2D eigenvalue weighted by molar-refractivity contribution is 7.11. The number of benzene rings is 3. The van der Waals surface area contributed by atoms with Crippen molar-refractivity contribution in [3.63, 3.8) is 0 Å². The molecule has 4 aromatic rings. The van der Waals surface area contributed by atoms with Gasteiger partial charge in [-0.1, -0.05) is 65.7 Å². The molecular weight excluding hydrogens is 395 g/mol. The molecule has 0 atom stereocenters. The maximum absolute atomic E-state index is 9.69. The fraction of sp³-hybridized carbons (Fsp3) is 0. The van der Waals surface area contributed by atoms with Crippen molar-refractivity contribution >= 4 is 57.0 Å². The first-order valence-electron chi connectivity index (χ1n) is 8.16. The summed E-state index contributed by atoms with van der Waals surface area (Å²) < 4.78 is 0. The van der Waals surface area contributed by atoms with Crippen LogP contribution in [-0.4, -0.2) is 4.98 Å². The zero-order valence-electron chi connectivity index (χ0n) is 14.0. The molecule has 130 valence electrons. The predicted octanol–water partition coefficient (Wildman–Crippen LogP) is 7.33. The first-order chi connectivity index (χ1) is 13.2. The van der Waals surface area contributed by atoms with E-state index in [0.717, 1.165) is 27.6 Å². The molecule has 1 aromatic heterocycles. The monoisotopic (exact) mass is 406 g/mol. The Labute approximate surface area is 170 Å². The summed E-state index contributed by atoms with van der Waals surface area (Å²) in [4.78, 5) is 4.62. The van der Waals surface area contributed by atoms with Gasteiger partial charge in [0.2, 0.25) is 0 Å². The van der Waals surface area contributed by atoms with E-state index in [2.05, 4.69) is 29.3 Å². The van der Waals surface area contributed by atoms with Crippen LogP contribution in [0.15, 0.2) is 66.0 Å². The van der Waals surface area contributed by atoms with E-state index in [4.69, 9.17) is 23.2 Å². The molecule has 0 fully saturated rings. The van der Waals surface area contributed by atoms with Gasteiger partial charge < -0.3 is 0 Å². The number of aromatic nitrogens is 1. The minimum Gasteiger partial charge on any atom is -0.235 e. The zero-order chi connectivity index (χ0) is 18.8. The summed E-state index contributed by atoms with van der Waals surface area (Å²) in [5, 5.41) is 15.6. The van der Waals surface area contributed by atoms with Crippen molar-refractivity contribution in [3.05, 3.63) is 86.7 Å². The third kappa shape index (κ3) is 3.61. The van der Waals surface area contributed by atoms with Crippen molar-refractivity contribution in [3.8, 4) is 17.3 Å². The molecule has 2 nitrogen and oxygen atoms in total. The Balaban J connectivity index is 1.77. The van der Waals surface area contributed by atoms with Gasteiger partial charge in [0, 0.05) is 16.0 Å². The lowest BCUT2D eigenvalue weighted by Gasteiger charge is -2.03. The fourth-order valence-electron chi connectivity index (χ4n) is 2.89. The van der Waals surface area contributed by atoms with Gasteiger partial charge in [0.05, 0.1) is 16.3 Å². The lowest BCUT2D eigenvalue weighted by molar-refractivity contribution is 1.37. The molecule has 0 saturated carbocycles. The van der Waals surface area contributed by atoms with E-state index < -0.39 is 0 Å². The average molecular weight is 407 g/mol. The molecule has 4 rings (SSSR count). The van der Waals surface area contributed by atoms with E-state index in [0.29, 0.717) is 20.6 Å². The van der Waals surface area contributed by atoms with Crippen LogP contribution >= 0.6 is 34.5 Å². The summed E-state index contributed by atoms with van der Waals surface area (Å²) in [7, 11) is 0. The molecule has 5 heteroatoms. The van der Waals surface area contributed by atoms with Crippen LogP contribution < -0.4 is 0 Å². The van der Waals surface area contributed by atoms with Crippen LogP contribution in [0.1, 0.15) is 10.6 Å². The predicted molar refractivity (Wildman–Crippen MR) is 115 cm³/mol. The zero-order valence-corrected chi connectivity index (χ0v) is 16.3. The molecule has 0 spiro atoms. The largest absolute Gasteiger partial charge is 0.235 e. The molecule has 0 amide bonds. The van der Waals surface area contributed by atoms with E-state index in [1.54, 1.807) is 12.1 Å². The van der Waals surface area contributed by atoms with E-state index >= 15 is 0 Å². The van der Waals surface area contributed by atoms with Crippen molar-refractivity contribution in [1.29, 1.82) is 5.26 Å².